The van der Waals surface area contributed by atoms with Crippen LogP contribution >= 0.6 is 23.5 Å². The number of benzene rings is 1. The summed E-state index contributed by atoms with van der Waals surface area (Å²) in [6.45, 7) is 4.32. The lowest BCUT2D eigenvalue weighted by atomic mass is 10.2. The second-order valence-corrected chi connectivity index (χ2v) is 6.50. The zero-order valence-corrected chi connectivity index (χ0v) is 12.2. The minimum absolute atomic E-state index is 0.770. The predicted molar refractivity (Wildman–Crippen MR) is 80.3 cm³/mol. The van der Waals surface area contributed by atoms with E-state index >= 15 is 0 Å². The van der Waals surface area contributed by atoms with Gasteiger partial charge in [-0.2, -0.15) is 0 Å². The Morgan fingerprint density at radius 3 is 2.35 bits per heavy atom. The largest absolute Gasteiger partial charge is 0.301 e. The summed E-state index contributed by atoms with van der Waals surface area (Å²) in [6.07, 6.45) is 2.24. The molecule has 0 atom stereocenters. The van der Waals surface area contributed by atoms with E-state index in [9.17, 15) is 0 Å². The third-order valence-corrected chi connectivity index (χ3v) is 4.90. The monoisotopic (exact) mass is 270 g/mol. The zero-order valence-electron chi connectivity index (χ0n) is 10.6. The molecule has 0 spiro atoms. The van der Waals surface area contributed by atoms with Crippen molar-refractivity contribution in [1.29, 1.82) is 0 Å². The van der Waals surface area contributed by atoms with E-state index in [4.69, 9.17) is 11.5 Å². The molecule has 2 nitrogen and oxygen atoms in total. The van der Waals surface area contributed by atoms with E-state index in [1.54, 1.807) is 11.8 Å². The summed E-state index contributed by atoms with van der Waals surface area (Å²) in [7, 11) is 0. The van der Waals surface area contributed by atoms with Crippen LogP contribution in [-0.2, 0) is 4.99 Å². The molecule has 1 rings (SSSR count). The first-order valence-corrected chi connectivity index (χ1v) is 8.03. The minimum atomic E-state index is -0.770. The Hall–Kier alpha value is -0.160. The summed E-state index contributed by atoms with van der Waals surface area (Å²) in [4.78, 5) is 0.441. The van der Waals surface area contributed by atoms with Crippen LogP contribution in [0.25, 0.3) is 0 Å². The van der Waals surface area contributed by atoms with Crippen LogP contribution in [0.4, 0.5) is 0 Å². The Bertz CT molecular complexity index is 340. The van der Waals surface area contributed by atoms with Gasteiger partial charge in [0.2, 0.25) is 0 Å². The maximum absolute atomic E-state index is 6.22. The summed E-state index contributed by atoms with van der Waals surface area (Å²) < 4.78 is 0. The summed E-state index contributed by atoms with van der Waals surface area (Å²) in [5.74, 6) is 2.09. The van der Waals surface area contributed by atoms with Crippen molar-refractivity contribution >= 4 is 23.5 Å². The molecule has 0 radical (unpaired) electrons. The number of hydrogen-bond acceptors (Lipinski definition) is 4. The molecule has 0 aliphatic rings. The number of thioether (sulfide) groups is 2. The predicted octanol–water partition coefficient (Wildman–Crippen LogP) is 3.36. The fourth-order valence-corrected chi connectivity index (χ4v) is 3.41. The van der Waals surface area contributed by atoms with Gasteiger partial charge in [-0.05, 0) is 30.4 Å². The molecule has 0 aliphatic heterocycles. The molecule has 1 aromatic rings. The molecule has 0 amide bonds. The molecule has 0 saturated carbocycles. The lowest BCUT2D eigenvalue weighted by Crippen LogP contribution is -2.43. The van der Waals surface area contributed by atoms with Crippen molar-refractivity contribution in [1.82, 2.24) is 0 Å². The Kier molecular flexibility index (Phi) is 6.41. The van der Waals surface area contributed by atoms with Gasteiger partial charge in [-0.3, -0.25) is 0 Å². The lowest BCUT2D eigenvalue weighted by molar-refractivity contribution is 0.679. The molecule has 0 unspecified atom stereocenters. The smallest absolute Gasteiger partial charge is 0.139 e. The molecule has 0 heterocycles. The number of nitrogens with two attached hydrogens (primary N) is 2. The highest BCUT2D eigenvalue weighted by atomic mass is 32.2. The molecule has 4 heteroatoms. The van der Waals surface area contributed by atoms with Crippen molar-refractivity contribution < 1.29 is 0 Å². The van der Waals surface area contributed by atoms with E-state index in [1.807, 2.05) is 30.0 Å². The SMILES string of the molecule is CCCSc1ccccc1C(N)(N)SCCC. The molecule has 0 saturated heterocycles. The summed E-state index contributed by atoms with van der Waals surface area (Å²) in [5.41, 5.74) is 13.5. The van der Waals surface area contributed by atoms with Gasteiger partial charge in [0.25, 0.3) is 0 Å². The maximum Gasteiger partial charge on any atom is 0.139 e. The summed E-state index contributed by atoms with van der Waals surface area (Å²) in [6, 6.07) is 8.20. The molecule has 1 aromatic carbocycles. The van der Waals surface area contributed by atoms with Gasteiger partial charge >= 0.3 is 0 Å². The molecular weight excluding hydrogens is 248 g/mol. The Morgan fingerprint density at radius 2 is 1.71 bits per heavy atom. The van der Waals surface area contributed by atoms with Crippen molar-refractivity contribution in [2.45, 2.75) is 36.6 Å². The zero-order chi connectivity index (χ0) is 12.7. The second-order valence-electron chi connectivity index (χ2n) is 3.99. The highest BCUT2D eigenvalue weighted by Gasteiger charge is 2.24. The van der Waals surface area contributed by atoms with Gasteiger partial charge in [0.1, 0.15) is 4.99 Å². The van der Waals surface area contributed by atoms with Gasteiger partial charge in [0, 0.05) is 10.5 Å². The van der Waals surface area contributed by atoms with E-state index in [1.165, 1.54) is 4.90 Å². The van der Waals surface area contributed by atoms with Gasteiger partial charge in [-0.1, -0.05) is 32.0 Å². The van der Waals surface area contributed by atoms with E-state index in [0.29, 0.717) is 0 Å². The van der Waals surface area contributed by atoms with Gasteiger partial charge in [-0.25, -0.2) is 0 Å². The molecule has 0 fully saturated rings. The first-order chi connectivity index (χ1) is 8.11. The molecule has 4 N–H and O–H groups in total. The topological polar surface area (TPSA) is 52.0 Å². The fraction of sp³-hybridized carbons (Fsp3) is 0.538. The van der Waals surface area contributed by atoms with Gasteiger partial charge < -0.3 is 11.5 Å². The molecule has 96 valence electrons. The van der Waals surface area contributed by atoms with Gasteiger partial charge in [0.05, 0.1) is 0 Å². The van der Waals surface area contributed by atoms with Crippen LogP contribution in [0.3, 0.4) is 0 Å². The van der Waals surface area contributed by atoms with E-state index in [-0.39, 0.29) is 0 Å². The van der Waals surface area contributed by atoms with Crippen LogP contribution in [-0.4, -0.2) is 11.5 Å². The normalized spacial score (nSPS) is 11.8. The van der Waals surface area contributed by atoms with Crippen molar-refractivity contribution in [2.24, 2.45) is 11.5 Å². The van der Waals surface area contributed by atoms with E-state index in [0.717, 1.165) is 29.9 Å². The highest BCUT2D eigenvalue weighted by molar-refractivity contribution is 8.00. The summed E-state index contributed by atoms with van der Waals surface area (Å²) >= 11 is 3.46. The summed E-state index contributed by atoms with van der Waals surface area (Å²) in [5, 5.41) is 0. The number of hydrogen-bond donors (Lipinski definition) is 2. The molecule has 0 aliphatic carbocycles. The van der Waals surface area contributed by atoms with Gasteiger partial charge in [-0.15, -0.1) is 23.5 Å². The molecule has 17 heavy (non-hydrogen) atoms. The number of rotatable bonds is 7. The van der Waals surface area contributed by atoms with Crippen molar-refractivity contribution in [3.8, 4) is 0 Å². The minimum Gasteiger partial charge on any atom is -0.301 e. The van der Waals surface area contributed by atoms with E-state index < -0.39 is 4.99 Å². The van der Waals surface area contributed by atoms with Crippen molar-refractivity contribution in [2.75, 3.05) is 11.5 Å². The van der Waals surface area contributed by atoms with Crippen molar-refractivity contribution in [3.05, 3.63) is 29.8 Å². The molecule has 0 aromatic heterocycles. The quantitative estimate of drug-likeness (QED) is 0.589. The van der Waals surface area contributed by atoms with Crippen LogP contribution in [0.5, 0.6) is 0 Å². The Balaban J connectivity index is 2.86. The fourth-order valence-electron chi connectivity index (χ4n) is 1.48. The third-order valence-electron chi connectivity index (χ3n) is 2.31. The van der Waals surface area contributed by atoms with Crippen LogP contribution in [0.2, 0.25) is 0 Å². The van der Waals surface area contributed by atoms with Crippen LogP contribution < -0.4 is 11.5 Å². The Morgan fingerprint density at radius 1 is 1.06 bits per heavy atom. The van der Waals surface area contributed by atoms with Crippen LogP contribution in [0, 0.1) is 0 Å². The maximum atomic E-state index is 6.22. The van der Waals surface area contributed by atoms with Crippen LogP contribution in [0.1, 0.15) is 32.3 Å². The van der Waals surface area contributed by atoms with Gasteiger partial charge in [0.15, 0.2) is 0 Å². The average Bonchev–Trinajstić information content (AvgIpc) is 2.34. The van der Waals surface area contributed by atoms with E-state index in [2.05, 4.69) is 19.9 Å². The second kappa shape index (κ2) is 7.31. The lowest BCUT2D eigenvalue weighted by Gasteiger charge is -2.26. The molecule has 0 bridgehead atoms. The van der Waals surface area contributed by atoms with Crippen molar-refractivity contribution in [3.63, 3.8) is 0 Å². The van der Waals surface area contributed by atoms with Crippen LogP contribution in [0.15, 0.2) is 29.2 Å². The highest BCUT2D eigenvalue weighted by Crippen LogP contribution is 2.34. The third kappa shape index (κ3) is 4.54. The first kappa shape index (κ1) is 14.9. The standard InChI is InChI=1S/C13H22N2S2/c1-3-9-16-12-8-6-5-7-11(12)13(14,15)17-10-4-2/h5-8H,3-4,9-10,14-15H2,1-2H3. The molecular formula is C13H22N2S2. The Labute approximate surface area is 113 Å². The average molecular weight is 270 g/mol. The first-order valence-electron chi connectivity index (χ1n) is 6.05.